The SMILES string of the molecule is O=C(CCl)N1CCCCC1C(F)(F)F. The van der Waals surface area contributed by atoms with Crippen LogP contribution in [0.25, 0.3) is 0 Å². The number of likely N-dealkylation sites (tertiary alicyclic amines) is 1. The van der Waals surface area contributed by atoms with Gasteiger partial charge in [0.1, 0.15) is 11.9 Å². The lowest BCUT2D eigenvalue weighted by atomic mass is 10.0. The summed E-state index contributed by atoms with van der Waals surface area (Å²) in [5, 5.41) is 0. The number of halogens is 4. The first-order valence-electron chi connectivity index (χ1n) is 4.39. The van der Waals surface area contributed by atoms with Gasteiger partial charge in [-0.15, -0.1) is 11.6 Å². The van der Waals surface area contributed by atoms with Crippen molar-refractivity contribution in [1.29, 1.82) is 0 Å². The minimum Gasteiger partial charge on any atom is -0.330 e. The summed E-state index contributed by atoms with van der Waals surface area (Å²) < 4.78 is 37.4. The molecule has 0 spiro atoms. The van der Waals surface area contributed by atoms with Gasteiger partial charge in [-0.3, -0.25) is 4.79 Å². The van der Waals surface area contributed by atoms with E-state index in [-0.39, 0.29) is 18.8 Å². The normalized spacial score (nSPS) is 23.7. The fraction of sp³-hybridized carbons (Fsp3) is 0.875. The summed E-state index contributed by atoms with van der Waals surface area (Å²) in [6.07, 6.45) is -3.21. The van der Waals surface area contributed by atoms with E-state index in [0.717, 1.165) is 4.90 Å². The van der Waals surface area contributed by atoms with Crippen LogP contribution in [0.3, 0.4) is 0 Å². The second-order valence-electron chi connectivity index (χ2n) is 3.27. The quantitative estimate of drug-likeness (QED) is 0.631. The fourth-order valence-electron chi connectivity index (χ4n) is 1.65. The fourth-order valence-corrected chi connectivity index (χ4v) is 1.80. The molecular weight excluding hydrogens is 219 g/mol. The van der Waals surface area contributed by atoms with Crippen LogP contribution in [0.2, 0.25) is 0 Å². The Labute approximate surface area is 85.0 Å². The summed E-state index contributed by atoms with van der Waals surface area (Å²) in [6, 6.07) is -1.64. The number of nitrogens with zero attached hydrogens (tertiary/aromatic N) is 1. The first-order valence-corrected chi connectivity index (χ1v) is 4.92. The standard InChI is InChI=1S/C8H11ClF3NO/c9-5-7(14)13-4-2-1-3-6(13)8(10,11)12/h6H,1-5H2. The molecule has 1 amide bonds. The van der Waals surface area contributed by atoms with Gasteiger partial charge < -0.3 is 4.90 Å². The molecule has 1 heterocycles. The van der Waals surface area contributed by atoms with E-state index in [1.165, 1.54) is 0 Å². The average molecular weight is 230 g/mol. The first-order chi connectivity index (χ1) is 6.46. The van der Waals surface area contributed by atoms with E-state index in [9.17, 15) is 18.0 Å². The maximum atomic E-state index is 12.5. The Morgan fingerprint density at radius 3 is 2.57 bits per heavy atom. The van der Waals surface area contributed by atoms with Gasteiger partial charge in [-0.1, -0.05) is 0 Å². The van der Waals surface area contributed by atoms with E-state index in [1.54, 1.807) is 0 Å². The third-order valence-corrected chi connectivity index (χ3v) is 2.54. The highest BCUT2D eigenvalue weighted by Gasteiger charge is 2.45. The molecule has 0 aromatic rings. The van der Waals surface area contributed by atoms with Gasteiger partial charge in [0, 0.05) is 6.54 Å². The second kappa shape index (κ2) is 4.38. The lowest BCUT2D eigenvalue weighted by molar-refractivity contribution is -0.194. The Kier molecular flexibility index (Phi) is 3.64. The summed E-state index contributed by atoms with van der Waals surface area (Å²) in [4.78, 5) is 12.0. The number of hydrogen-bond donors (Lipinski definition) is 0. The zero-order valence-corrected chi connectivity index (χ0v) is 8.24. The third-order valence-electron chi connectivity index (χ3n) is 2.32. The maximum absolute atomic E-state index is 12.5. The molecule has 14 heavy (non-hydrogen) atoms. The molecule has 1 aliphatic rings. The molecule has 1 atom stereocenters. The molecule has 6 heteroatoms. The predicted octanol–water partition coefficient (Wildman–Crippen LogP) is 2.17. The molecule has 2 nitrogen and oxygen atoms in total. The Morgan fingerprint density at radius 1 is 1.43 bits per heavy atom. The molecular formula is C8H11ClF3NO. The molecule has 0 radical (unpaired) electrons. The summed E-state index contributed by atoms with van der Waals surface area (Å²) in [6.45, 7) is 0.162. The van der Waals surface area contributed by atoms with Gasteiger partial charge in [0.25, 0.3) is 0 Å². The van der Waals surface area contributed by atoms with Crippen molar-refractivity contribution in [2.45, 2.75) is 31.5 Å². The van der Waals surface area contributed by atoms with Crippen molar-refractivity contribution < 1.29 is 18.0 Å². The van der Waals surface area contributed by atoms with Gasteiger partial charge >= 0.3 is 6.18 Å². The van der Waals surface area contributed by atoms with E-state index < -0.39 is 18.1 Å². The van der Waals surface area contributed by atoms with Crippen molar-refractivity contribution >= 4 is 17.5 Å². The van der Waals surface area contributed by atoms with Crippen LogP contribution in [0.1, 0.15) is 19.3 Å². The molecule has 1 saturated heterocycles. The zero-order valence-electron chi connectivity index (χ0n) is 7.48. The predicted molar refractivity (Wildman–Crippen MR) is 46.1 cm³/mol. The highest BCUT2D eigenvalue weighted by molar-refractivity contribution is 6.27. The number of amides is 1. The number of piperidine rings is 1. The van der Waals surface area contributed by atoms with Crippen LogP contribution in [0.15, 0.2) is 0 Å². The summed E-state index contributed by atoms with van der Waals surface area (Å²) >= 11 is 5.24. The third kappa shape index (κ3) is 2.53. The van der Waals surface area contributed by atoms with Gasteiger partial charge in [-0.25, -0.2) is 0 Å². The molecule has 0 saturated carbocycles. The number of hydrogen-bond acceptors (Lipinski definition) is 1. The first kappa shape index (κ1) is 11.6. The monoisotopic (exact) mass is 229 g/mol. The molecule has 0 aromatic heterocycles. The molecule has 0 N–H and O–H groups in total. The molecule has 1 rings (SSSR count). The van der Waals surface area contributed by atoms with E-state index in [4.69, 9.17) is 11.6 Å². The number of carbonyl (C=O) groups is 1. The smallest absolute Gasteiger partial charge is 0.330 e. The number of carbonyl (C=O) groups excluding carboxylic acids is 1. The van der Waals surface area contributed by atoms with Gasteiger partial charge in [0.2, 0.25) is 5.91 Å². The molecule has 0 bridgehead atoms. The van der Waals surface area contributed by atoms with Crippen LogP contribution in [0.5, 0.6) is 0 Å². The summed E-state index contributed by atoms with van der Waals surface area (Å²) in [7, 11) is 0. The molecule has 0 aliphatic carbocycles. The minimum atomic E-state index is -4.33. The van der Waals surface area contributed by atoms with Crippen molar-refractivity contribution in [2.24, 2.45) is 0 Å². The second-order valence-corrected chi connectivity index (χ2v) is 3.54. The lowest BCUT2D eigenvalue weighted by Crippen LogP contribution is -2.51. The van der Waals surface area contributed by atoms with E-state index in [2.05, 4.69) is 0 Å². The Bertz CT molecular complexity index is 219. The molecule has 1 aliphatic heterocycles. The maximum Gasteiger partial charge on any atom is 0.408 e. The number of alkyl halides is 4. The Morgan fingerprint density at radius 2 is 2.07 bits per heavy atom. The lowest BCUT2D eigenvalue weighted by Gasteiger charge is -2.36. The van der Waals surface area contributed by atoms with Crippen molar-refractivity contribution in [1.82, 2.24) is 4.90 Å². The highest BCUT2D eigenvalue weighted by Crippen LogP contribution is 2.31. The Balaban J connectivity index is 2.74. The van der Waals surface area contributed by atoms with Crippen LogP contribution < -0.4 is 0 Å². The summed E-state index contributed by atoms with van der Waals surface area (Å²) in [5.74, 6) is -1.01. The van der Waals surface area contributed by atoms with Gasteiger partial charge in [0.05, 0.1) is 0 Å². The molecule has 82 valence electrons. The van der Waals surface area contributed by atoms with E-state index >= 15 is 0 Å². The molecule has 1 fully saturated rings. The van der Waals surface area contributed by atoms with Crippen molar-refractivity contribution in [3.8, 4) is 0 Å². The van der Waals surface area contributed by atoms with Crippen LogP contribution in [-0.2, 0) is 4.79 Å². The van der Waals surface area contributed by atoms with Crippen LogP contribution in [-0.4, -0.2) is 35.4 Å². The van der Waals surface area contributed by atoms with Crippen LogP contribution >= 0.6 is 11.6 Å². The topological polar surface area (TPSA) is 20.3 Å². The van der Waals surface area contributed by atoms with Crippen molar-refractivity contribution in [3.63, 3.8) is 0 Å². The average Bonchev–Trinajstić information content (AvgIpc) is 2.15. The van der Waals surface area contributed by atoms with Gasteiger partial charge in [-0.05, 0) is 19.3 Å². The molecule has 0 aromatic carbocycles. The summed E-state index contributed by atoms with van der Waals surface area (Å²) in [5.41, 5.74) is 0. The van der Waals surface area contributed by atoms with Gasteiger partial charge in [-0.2, -0.15) is 13.2 Å². The van der Waals surface area contributed by atoms with E-state index in [0.29, 0.717) is 12.8 Å². The zero-order chi connectivity index (χ0) is 10.8. The van der Waals surface area contributed by atoms with Crippen LogP contribution in [0.4, 0.5) is 13.2 Å². The minimum absolute atomic E-state index is 0.00781. The number of rotatable bonds is 1. The van der Waals surface area contributed by atoms with Gasteiger partial charge in [0.15, 0.2) is 0 Å². The largest absolute Gasteiger partial charge is 0.408 e. The van der Waals surface area contributed by atoms with Crippen LogP contribution in [0, 0.1) is 0 Å². The highest BCUT2D eigenvalue weighted by atomic mass is 35.5. The van der Waals surface area contributed by atoms with Crippen molar-refractivity contribution in [2.75, 3.05) is 12.4 Å². The molecule has 1 unspecified atom stereocenters. The Hall–Kier alpha value is -0.450. The van der Waals surface area contributed by atoms with E-state index in [1.807, 2.05) is 0 Å². The van der Waals surface area contributed by atoms with Crippen molar-refractivity contribution in [3.05, 3.63) is 0 Å².